The predicted octanol–water partition coefficient (Wildman–Crippen LogP) is 2.65. The van der Waals surface area contributed by atoms with Gasteiger partial charge in [-0.1, -0.05) is 11.6 Å². The van der Waals surface area contributed by atoms with Crippen molar-refractivity contribution in [3.63, 3.8) is 0 Å². The molecule has 0 bridgehead atoms. The molecule has 2 amide bonds. The van der Waals surface area contributed by atoms with E-state index in [0.29, 0.717) is 46.4 Å². The molecule has 0 radical (unpaired) electrons. The van der Waals surface area contributed by atoms with Gasteiger partial charge in [0.25, 0.3) is 11.8 Å². The predicted molar refractivity (Wildman–Crippen MR) is 108 cm³/mol. The first-order valence-electron chi connectivity index (χ1n) is 8.86. The maximum absolute atomic E-state index is 12.7. The molecule has 28 heavy (non-hydrogen) atoms. The van der Waals surface area contributed by atoms with E-state index >= 15 is 0 Å². The van der Waals surface area contributed by atoms with Crippen LogP contribution in [-0.2, 0) is 0 Å². The van der Waals surface area contributed by atoms with Crippen molar-refractivity contribution < 1.29 is 19.1 Å². The number of hydrogen-bond acceptors (Lipinski definition) is 5. The molecule has 7 nitrogen and oxygen atoms in total. The number of rotatable bonds is 5. The summed E-state index contributed by atoms with van der Waals surface area (Å²) < 4.78 is 10.4. The summed E-state index contributed by atoms with van der Waals surface area (Å²) in [6, 6.07) is 9.74. The first kappa shape index (κ1) is 20.0. The minimum atomic E-state index is -0.366. The molecule has 1 aliphatic heterocycles. The normalized spacial score (nSPS) is 13.8. The van der Waals surface area contributed by atoms with Crippen molar-refractivity contribution in [2.45, 2.75) is 0 Å². The maximum atomic E-state index is 12.7. The lowest BCUT2D eigenvalue weighted by Crippen LogP contribution is -2.46. The van der Waals surface area contributed by atoms with Crippen LogP contribution in [0.3, 0.4) is 0 Å². The number of carbonyl (C=O) groups is 2. The summed E-state index contributed by atoms with van der Waals surface area (Å²) in [5.41, 5.74) is 1.24. The van der Waals surface area contributed by atoms with Gasteiger partial charge in [-0.05, 0) is 36.4 Å². The molecule has 2 aromatic carbocycles. The summed E-state index contributed by atoms with van der Waals surface area (Å²) in [4.78, 5) is 27.1. The number of anilines is 1. The van der Waals surface area contributed by atoms with Gasteiger partial charge >= 0.3 is 0 Å². The smallest absolute Gasteiger partial charge is 0.255 e. The molecule has 0 aromatic heterocycles. The molecule has 2 N–H and O–H groups in total. The average Bonchev–Trinajstić information content (AvgIpc) is 2.74. The lowest BCUT2D eigenvalue weighted by atomic mass is 10.1. The van der Waals surface area contributed by atoms with Crippen LogP contribution in [0, 0.1) is 0 Å². The molecule has 1 aliphatic rings. The van der Waals surface area contributed by atoms with Gasteiger partial charge in [-0.15, -0.1) is 0 Å². The van der Waals surface area contributed by atoms with Gasteiger partial charge in [-0.3, -0.25) is 9.59 Å². The second kappa shape index (κ2) is 8.95. The van der Waals surface area contributed by atoms with E-state index in [0.717, 1.165) is 13.1 Å². The first-order chi connectivity index (χ1) is 13.5. The quantitative estimate of drug-likeness (QED) is 0.802. The highest BCUT2D eigenvalue weighted by Crippen LogP contribution is 2.29. The molecule has 0 saturated carbocycles. The number of benzene rings is 2. The Balaban J connectivity index is 1.80. The van der Waals surface area contributed by atoms with Crippen molar-refractivity contribution in [3.8, 4) is 11.5 Å². The second-order valence-electron chi connectivity index (χ2n) is 6.26. The summed E-state index contributed by atoms with van der Waals surface area (Å²) in [5, 5.41) is 6.33. The van der Waals surface area contributed by atoms with Crippen LogP contribution in [0.4, 0.5) is 5.69 Å². The van der Waals surface area contributed by atoms with Crippen LogP contribution in [-0.4, -0.2) is 57.1 Å². The number of methoxy groups -OCH3 is 2. The minimum absolute atomic E-state index is 0.0835. The molecule has 3 rings (SSSR count). The van der Waals surface area contributed by atoms with Gasteiger partial charge in [-0.25, -0.2) is 0 Å². The van der Waals surface area contributed by atoms with E-state index in [9.17, 15) is 9.59 Å². The number of piperazine rings is 1. The number of hydrogen-bond donors (Lipinski definition) is 2. The van der Waals surface area contributed by atoms with Crippen LogP contribution in [0.15, 0.2) is 36.4 Å². The standard InChI is InChI=1S/C20H22ClN3O4/c1-27-17-6-4-13(12-18(17)28-2)19(25)23-16-11-14(3-5-15(16)21)20(26)24-9-7-22-8-10-24/h3-6,11-12,22H,7-10H2,1-2H3,(H,23,25). The second-order valence-corrected chi connectivity index (χ2v) is 6.67. The first-order valence-corrected chi connectivity index (χ1v) is 9.24. The monoisotopic (exact) mass is 403 g/mol. The van der Waals surface area contributed by atoms with Gasteiger partial charge in [0, 0.05) is 37.3 Å². The van der Waals surface area contributed by atoms with E-state index in [1.807, 2.05) is 0 Å². The van der Waals surface area contributed by atoms with E-state index in [4.69, 9.17) is 21.1 Å². The molecule has 148 valence electrons. The Hall–Kier alpha value is -2.77. The zero-order valence-corrected chi connectivity index (χ0v) is 16.5. The summed E-state index contributed by atoms with van der Waals surface area (Å²) >= 11 is 6.23. The fourth-order valence-corrected chi connectivity index (χ4v) is 3.14. The van der Waals surface area contributed by atoms with Crippen LogP contribution < -0.4 is 20.1 Å². The lowest BCUT2D eigenvalue weighted by molar-refractivity contribution is 0.0735. The summed E-state index contributed by atoms with van der Waals surface area (Å²) in [5.74, 6) is 0.527. The summed E-state index contributed by atoms with van der Waals surface area (Å²) in [7, 11) is 3.03. The van der Waals surface area contributed by atoms with Gasteiger partial charge in [0.2, 0.25) is 0 Å². The molecule has 0 spiro atoms. The largest absolute Gasteiger partial charge is 0.493 e. The third-order valence-corrected chi connectivity index (χ3v) is 4.84. The number of ether oxygens (including phenoxy) is 2. The number of nitrogens with one attached hydrogen (secondary N) is 2. The van der Waals surface area contributed by atoms with E-state index in [-0.39, 0.29) is 11.8 Å². The minimum Gasteiger partial charge on any atom is -0.493 e. The molecule has 0 unspecified atom stereocenters. The Morgan fingerprint density at radius 3 is 2.36 bits per heavy atom. The Morgan fingerprint density at radius 2 is 1.68 bits per heavy atom. The number of amides is 2. The SMILES string of the molecule is COc1ccc(C(=O)Nc2cc(C(=O)N3CCNCC3)ccc2Cl)cc1OC. The summed E-state index contributed by atoms with van der Waals surface area (Å²) in [6.07, 6.45) is 0. The molecule has 0 aliphatic carbocycles. The van der Waals surface area contributed by atoms with Crippen LogP contribution >= 0.6 is 11.6 Å². The molecule has 1 saturated heterocycles. The van der Waals surface area contributed by atoms with E-state index in [1.165, 1.54) is 14.2 Å². The maximum Gasteiger partial charge on any atom is 0.255 e. The van der Waals surface area contributed by atoms with Crippen LogP contribution in [0.1, 0.15) is 20.7 Å². The van der Waals surface area contributed by atoms with Gasteiger partial charge in [0.15, 0.2) is 11.5 Å². The van der Waals surface area contributed by atoms with Crippen molar-refractivity contribution in [2.24, 2.45) is 0 Å². The molecule has 1 fully saturated rings. The van der Waals surface area contributed by atoms with Gasteiger partial charge in [0.05, 0.1) is 24.9 Å². The number of nitrogens with zero attached hydrogens (tertiary/aromatic N) is 1. The highest BCUT2D eigenvalue weighted by Gasteiger charge is 2.19. The third kappa shape index (κ3) is 4.37. The van der Waals surface area contributed by atoms with Gasteiger partial charge in [-0.2, -0.15) is 0 Å². The molecule has 0 atom stereocenters. The molecule has 8 heteroatoms. The van der Waals surface area contributed by atoms with Crippen LogP contribution in [0.2, 0.25) is 5.02 Å². The topological polar surface area (TPSA) is 79.9 Å². The van der Waals surface area contributed by atoms with Gasteiger partial charge < -0.3 is 25.0 Å². The Bertz CT molecular complexity index is 882. The number of halogens is 1. The van der Waals surface area contributed by atoms with E-state index in [2.05, 4.69) is 10.6 Å². The molecular formula is C20H22ClN3O4. The zero-order chi connectivity index (χ0) is 20.1. The molecule has 2 aromatic rings. The van der Waals surface area contributed by atoms with Crippen LogP contribution in [0.25, 0.3) is 0 Å². The van der Waals surface area contributed by atoms with E-state index in [1.54, 1.807) is 41.3 Å². The van der Waals surface area contributed by atoms with Crippen molar-refractivity contribution in [2.75, 3.05) is 45.7 Å². The highest BCUT2D eigenvalue weighted by atomic mass is 35.5. The number of carbonyl (C=O) groups excluding carboxylic acids is 2. The van der Waals surface area contributed by atoms with Crippen molar-refractivity contribution in [3.05, 3.63) is 52.5 Å². The summed E-state index contributed by atoms with van der Waals surface area (Å²) in [6.45, 7) is 2.83. The third-order valence-electron chi connectivity index (χ3n) is 4.51. The Morgan fingerprint density at radius 1 is 1.00 bits per heavy atom. The average molecular weight is 404 g/mol. The highest BCUT2D eigenvalue weighted by molar-refractivity contribution is 6.34. The van der Waals surface area contributed by atoms with Crippen molar-refractivity contribution in [1.82, 2.24) is 10.2 Å². The Labute approximate surface area is 168 Å². The van der Waals surface area contributed by atoms with Crippen molar-refractivity contribution in [1.29, 1.82) is 0 Å². The van der Waals surface area contributed by atoms with Crippen molar-refractivity contribution >= 4 is 29.1 Å². The lowest BCUT2D eigenvalue weighted by Gasteiger charge is -2.27. The fraction of sp³-hybridized carbons (Fsp3) is 0.300. The Kier molecular flexibility index (Phi) is 6.38. The van der Waals surface area contributed by atoms with Crippen LogP contribution in [0.5, 0.6) is 11.5 Å². The molecular weight excluding hydrogens is 382 g/mol. The van der Waals surface area contributed by atoms with Gasteiger partial charge in [0.1, 0.15) is 0 Å². The van der Waals surface area contributed by atoms with E-state index < -0.39 is 0 Å². The molecule has 1 heterocycles. The zero-order valence-electron chi connectivity index (χ0n) is 15.8. The fourth-order valence-electron chi connectivity index (χ4n) is 2.98.